The lowest BCUT2D eigenvalue weighted by atomic mass is 10.1. The van der Waals surface area contributed by atoms with Gasteiger partial charge in [0.1, 0.15) is 0 Å². The molecule has 1 aliphatic rings. The molecule has 0 radical (unpaired) electrons. The molecule has 0 aromatic carbocycles. The molecule has 2 rings (SSSR count). The number of Topliss-reactive ketones (excluding diaryl/α,β-unsaturated/α-hetero) is 1. The molecule has 1 N–H and O–H groups in total. The Labute approximate surface area is 93.8 Å². The first-order chi connectivity index (χ1) is 7.83. The number of allylic oxidation sites excluding steroid dienone is 2. The molecule has 0 amide bonds. The average Bonchev–Trinajstić information content (AvgIpc) is 2.85. The van der Waals surface area contributed by atoms with E-state index in [-0.39, 0.29) is 11.5 Å². The van der Waals surface area contributed by atoms with Gasteiger partial charge in [0.15, 0.2) is 5.78 Å². The Morgan fingerprint density at radius 1 is 1.44 bits per heavy atom. The van der Waals surface area contributed by atoms with Gasteiger partial charge in [-0.05, 0) is 25.0 Å². The monoisotopic (exact) mass is 213 g/mol. The number of carbonyl (C=O) groups is 1. The van der Waals surface area contributed by atoms with Gasteiger partial charge in [-0.3, -0.25) is 4.98 Å². The number of nitrogens with one attached hydrogen (secondary N) is 1. The maximum atomic E-state index is 12.0. The highest BCUT2D eigenvalue weighted by molar-refractivity contribution is 6.10. The van der Waals surface area contributed by atoms with Crippen molar-refractivity contribution < 1.29 is 4.79 Å². The molecular formula is C12H11N3O. The normalized spacial score (nSPS) is 17.4. The van der Waals surface area contributed by atoms with Crippen molar-refractivity contribution in [3.8, 4) is 0 Å². The molecule has 0 atom stereocenters. The Hall–Kier alpha value is -2.15. The Bertz CT molecular complexity index is 463. The number of nitrogens with zero attached hydrogens (tertiary/aromatic N) is 2. The van der Waals surface area contributed by atoms with Crippen molar-refractivity contribution in [2.24, 2.45) is 0 Å². The standard InChI is InChI=1S/C12H11N3O/c1-13-11(10-3-2-6-15-10)12(16)9-4-7-14-8-5-9/h4-5,7-8,15H,2-3,6H2/b11-10+. The zero-order chi connectivity index (χ0) is 11.4. The van der Waals surface area contributed by atoms with E-state index in [0.717, 1.165) is 25.1 Å². The van der Waals surface area contributed by atoms with Crippen molar-refractivity contribution >= 4 is 5.78 Å². The number of rotatable bonds is 2. The second-order valence-corrected chi connectivity index (χ2v) is 3.53. The second kappa shape index (κ2) is 4.58. The Morgan fingerprint density at radius 3 is 2.75 bits per heavy atom. The van der Waals surface area contributed by atoms with E-state index in [1.165, 1.54) is 0 Å². The molecule has 1 fully saturated rings. The zero-order valence-corrected chi connectivity index (χ0v) is 8.73. The zero-order valence-electron chi connectivity index (χ0n) is 8.73. The van der Waals surface area contributed by atoms with Crippen molar-refractivity contribution in [2.75, 3.05) is 6.54 Å². The summed E-state index contributed by atoms with van der Waals surface area (Å²) in [5.41, 5.74) is 1.50. The summed E-state index contributed by atoms with van der Waals surface area (Å²) in [6, 6.07) is 3.26. The van der Waals surface area contributed by atoms with E-state index >= 15 is 0 Å². The van der Waals surface area contributed by atoms with Crippen molar-refractivity contribution in [3.63, 3.8) is 0 Å². The quantitative estimate of drug-likeness (QED) is 0.462. The minimum atomic E-state index is -0.221. The first-order valence-electron chi connectivity index (χ1n) is 5.12. The van der Waals surface area contributed by atoms with Crippen LogP contribution in [-0.2, 0) is 0 Å². The van der Waals surface area contributed by atoms with E-state index in [9.17, 15) is 4.79 Å². The minimum Gasteiger partial charge on any atom is -0.397 e. The molecule has 4 heteroatoms. The lowest BCUT2D eigenvalue weighted by Gasteiger charge is -2.03. The lowest BCUT2D eigenvalue weighted by Crippen LogP contribution is -2.11. The Kier molecular flexibility index (Phi) is 2.97. The fraction of sp³-hybridized carbons (Fsp3) is 0.250. The molecule has 1 aromatic rings. The molecule has 80 valence electrons. The van der Waals surface area contributed by atoms with Crippen molar-refractivity contribution in [3.05, 3.63) is 52.9 Å². The summed E-state index contributed by atoms with van der Waals surface area (Å²) in [6.07, 6.45) is 4.88. The molecule has 0 saturated carbocycles. The highest BCUT2D eigenvalue weighted by Crippen LogP contribution is 2.18. The first-order valence-corrected chi connectivity index (χ1v) is 5.12. The highest BCUT2D eigenvalue weighted by atomic mass is 16.1. The van der Waals surface area contributed by atoms with Gasteiger partial charge < -0.3 is 10.1 Å². The summed E-state index contributed by atoms with van der Waals surface area (Å²) in [4.78, 5) is 19.2. The van der Waals surface area contributed by atoms with E-state index in [4.69, 9.17) is 6.57 Å². The molecule has 0 aliphatic carbocycles. The third-order valence-electron chi connectivity index (χ3n) is 2.50. The Balaban J connectivity index is 2.34. The topological polar surface area (TPSA) is 46.4 Å². The largest absolute Gasteiger partial charge is 0.397 e. The molecule has 4 nitrogen and oxygen atoms in total. The van der Waals surface area contributed by atoms with Gasteiger partial charge in [0.2, 0.25) is 0 Å². The third-order valence-corrected chi connectivity index (χ3v) is 2.50. The van der Waals surface area contributed by atoms with Gasteiger partial charge in [0, 0.05) is 30.2 Å². The van der Waals surface area contributed by atoms with E-state index in [1.54, 1.807) is 24.5 Å². The van der Waals surface area contributed by atoms with Crippen molar-refractivity contribution in [1.29, 1.82) is 0 Å². The van der Waals surface area contributed by atoms with Gasteiger partial charge >= 0.3 is 0 Å². The van der Waals surface area contributed by atoms with Crippen LogP contribution in [-0.4, -0.2) is 17.3 Å². The van der Waals surface area contributed by atoms with Gasteiger partial charge in [-0.25, -0.2) is 4.85 Å². The summed E-state index contributed by atoms with van der Waals surface area (Å²) < 4.78 is 0. The molecule has 1 aliphatic heterocycles. The van der Waals surface area contributed by atoms with Crippen LogP contribution >= 0.6 is 0 Å². The van der Waals surface area contributed by atoms with Crippen LogP contribution in [0, 0.1) is 6.57 Å². The molecule has 2 heterocycles. The van der Waals surface area contributed by atoms with Crippen molar-refractivity contribution in [2.45, 2.75) is 12.8 Å². The average molecular weight is 213 g/mol. The van der Waals surface area contributed by atoms with E-state index in [2.05, 4.69) is 15.1 Å². The molecule has 0 unspecified atom stereocenters. The van der Waals surface area contributed by atoms with Crippen molar-refractivity contribution in [1.82, 2.24) is 10.3 Å². The highest BCUT2D eigenvalue weighted by Gasteiger charge is 2.19. The van der Waals surface area contributed by atoms with Crippen LogP contribution in [0.3, 0.4) is 0 Å². The van der Waals surface area contributed by atoms with E-state index in [1.807, 2.05) is 0 Å². The summed E-state index contributed by atoms with van der Waals surface area (Å²) >= 11 is 0. The molecule has 16 heavy (non-hydrogen) atoms. The summed E-state index contributed by atoms with van der Waals surface area (Å²) in [5.74, 6) is -0.221. The number of hydrogen-bond acceptors (Lipinski definition) is 3. The predicted octanol–water partition coefficient (Wildman–Crippen LogP) is 1.78. The third kappa shape index (κ3) is 1.94. The van der Waals surface area contributed by atoms with Crippen LogP contribution < -0.4 is 5.32 Å². The molecule has 0 bridgehead atoms. The first kappa shape index (κ1) is 10.4. The van der Waals surface area contributed by atoms with Gasteiger partial charge in [0.25, 0.3) is 5.70 Å². The van der Waals surface area contributed by atoms with Gasteiger partial charge in [-0.2, -0.15) is 0 Å². The minimum absolute atomic E-state index is 0.212. The Morgan fingerprint density at radius 2 is 2.19 bits per heavy atom. The van der Waals surface area contributed by atoms with Crippen LogP contribution in [0.5, 0.6) is 0 Å². The van der Waals surface area contributed by atoms with Crippen LogP contribution in [0.15, 0.2) is 35.9 Å². The number of pyridine rings is 1. The summed E-state index contributed by atoms with van der Waals surface area (Å²) in [6.45, 7) is 7.94. The lowest BCUT2D eigenvalue weighted by molar-refractivity contribution is 0.103. The predicted molar refractivity (Wildman–Crippen MR) is 59.4 cm³/mol. The maximum Gasteiger partial charge on any atom is 0.252 e. The molecule has 1 saturated heterocycles. The number of aromatic nitrogens is 1. The maximum absolute atomic E-state index is 12.0. The number of carbonyl (C=O) groups excluding carboxylic acids is 1. The van der Waals surface area contributed by atoms with E-state index in [0.29, 0.717) is 5.56 Å². The number of ketones is 1. The van der Waals surface area contributed by atoms with Gasteiger partial charge in [0.05, 0.1) is 6.57 Å². The number of hydrogen-bond donors (Lipinski definition) is 1. The van der Waals surface area contributed by atoms with Crippen LogP contribution in [0.4, 0.5) is 0 Å². The van der Waals surface area contributed by atoms with Crippen LogP contribution in [0.1, 0.15) is 23.2 Å². The fourth-order valence-electron chi connectivity index (χ4n) is 1.69. The molecular weight excluding hydrogens is 202 g/mol. The van der Waals surface area contributed by atoms with Gasteiger partial charge in [-0.1, -0.05) is 0 Å². The van der Waals surface area contributed by atoms with Crippen LogP contribution in [0.2, 0.25) is 0 Å². The van der Waals surface area contributed by atoms with E-state index < -0.39 is 0 Å². The summed E-state index contributed by atoms with van der Waals surface area (Å²) in [5, 5.41) is 3.09. The second-order valence-electron chi connectivity index (χ2n) is 3.53. The fourth-order valence-corrected chi connectivity index (χ4v) is 1.69. The van der Waals surface area contributed by atoms with Crippen LogP contribution in [0.25, 0.3) is 4.85 Å². The smallest absolute Gasteiger partial charge is 0.252 e. The SMILES string of the molecule is [C-]#[N+]/C(C(=O)c1ccncc1)=C1\CCCN1. The molecule has 0 spiro atoms. The van der Waals surface area contributed by atoms with Gasteiger partial charge in [-0.15, -0.1) is 0 Å². The summed E-state index contributed by atoms with van der Waals surface area (Å²) in [7, 11) is 0. The molecule has 1 aromatic heterocycles.